The van der Waals surface area contributed by atoms with Gasteiger partial charge in [-0.15, -0.1) is 12.6 Å². The number of aryl methyl sites for hydroxylation is 3. The van der Waals surface area contributed by atoms with Crippen molar-refractivity contribution in [2.45, 2.75) is 39.0 Å². The van der Waals surface area contributed by atoms with Crippen LogP contribution in [-0.2, 0) is 6.42 Å². The lowest BCUT2D eigenvalue weighted by molar-refractivity contribution is 0.926. The molecule has 3 rings (SSSR count). The fourth-order valence-corrected chi connectivity index (χ4v) is 3.52. The summed E-state index contributed by atoms with van der Waals surface area (Å²) < 4.78 is 2.35. The van der Waals surface area contributed by atoms with Crippen LogP contribution in [0.3, 0.4) is 0 Å². The summed E-state index contributed by atoms with van der Waals surface area (Å²) in [5.41, 5.74) is 8.43. The Kier molecular flexibility index (Phi) is 5.14. The van der Waals surface area contributed by atoms with E-state index in [2.05, 4.69) is 74.1 Å². The maximum absolute atomic E-state index is 4.64. The van der Waals surface area contributed by atoms with E-state index in [-0.39, 0.29) is 0 Å². The number of para-hydroxylation sites is 2. The van der Waals surface area contributed by atoms with Gasteiger partial charge in [0.2, 0.25) is 0 Å². The average molecular weight is 349 g/mol. The van der Waals surface area contributed by atoms with Crippen LogP contribution in [0.15, 0.2) is 58.4 Å². The Morgan fingerprint density at radius 2 is 1.80 bits per heavy atom. The smallest absolute Gasteiger partial charge is 0.0763 e. The summed E-state index contributed by atoms with van der Waals surface area (Å²) in [6.45, 7) is 8.70. The van der Waals surface area contributed by atoms with E-state index in [0.29, 0.717) is 0 Å². The lowest BCUT2D eigenvalue weighted by Crippen LogP contribution is -2.05. The summed E-state index contributed by atoms with van der Waals surface area (Å²) in [5, 5.41) is 0. The fraction of sp³-hybridized carbons (Fsp3) is 0.227. The standard InChI is InChI=1S/C22H24N2S/c1-5-18-10-8-9-15(2)22(18)24-16(3)13-19(17(24)4)14-23-20-11-6-7-12-21(20)25/h6-14,25H,5H2,1-4H3. The molecule has 3 heteroatoms. The summed E-state index contributed by atoms with van der Waals surface area (Å²) >= 11 is 4.47. The number of nitrogens with zero attached hydrogens (tertiary/aromatic N) is 2. The molecule has 128 valence electrons. The third-order valence-electron chi connectivity index (χ3n) is 4.62. The van der Waals surface area contributed by atoms with Crippen LogP contribution in [0, 0.1) is 20.8 Å². The van der Waals surface area contributed by atoms with Crippen LogP contribution in [0.1, 0.15) is 35.0 Å². The van der Waals surface area contributed by atoms with Crippen molar-refractivity contribution in [1.82, 2.24) is 4.57 Å². The van der Waals surface area contributed by atoms with Gasteiger partial charge in [-0.05, 0) is 56.5 Å². The van der Waals surface area contributed by atoms with Gasteiger partial charge in [-0.2, -0.15) is 0 Å². The van der Waals surface area contributed by atoms with Crippen molar-refractivity contribution >= 4 is 24.5 Å². The van der Waals surface area contributed by atoms with Gasteiger partial charge in [0.15, 0.2) is 0 Å². The van der Waals surface area contributed by atoms with Crippen LogP contribution in [0.2, 0.25) is 0 Å². The molecule has 0 spiro atoms. The van der Waals surface area contributed by atoms with E-state index in [1.807, 2.05) is 30.5 Å². The van der Waals surface area contributed by atoms with Crippen LogP contribution >= 0.6 is 12.6 Å². The summed E-state index contributed by atoms with van der Waals surface area (Å²) in [6, 6.07) is 16.6. The van der Waals surface area contributed by atoms with Crippen LogP contribution in [0.25, 0.3) is 5.69 Å². The topological polar surface area (TPSA) is 17.3 Å². The lowest BCUT2D eigenvalue weighted by Gasteiger charge is -2.17. The van der Waals surface area contributed by atoms with Gasteiger partial charge in [0.05, 0.1) is 11.4 Å². The van der Waals surface area contributed by atoms with Gasteiger partial charge < -0.3 is 4.57 Å². The first kappa shape index (κ1) is 17.6. The Hall–Kier alpha value is -2.26. The van der Waals surface area contributed by atoms with Gasteiger partial charge in [-0.3, -0.25) is 4.99 Å². The minimum atomic E-state index is 0.889. The second-order valence-electron chi connectivity index (χ2n) is 6.34. The van der Waals surface area contributed by atoms with Crippen LogP contribution in [-0.4, -0.2) is 10.8 Å². The van der Waals surface area contributed by atoms with Crippen LogP contribution in [0.5, 0.6) is 0 Å². The van der Waals surface area contributed by atoms with E-state index in [1.165, 1.54) is 28.2 Å². The molecule has 2 aromatic carbocycles. The lowest BCUT2D eigenvalue weighted by atomic mass is 10.1. The summed E-state index contributed by atoms with van der Waals surface area (Å²) in [7, 11) is 0. The Balaban J connectivity index is 2.07. The quantitative estimate of drug-likeness (QED) is 0.440. The second-order valence-corrected chi connectivity index (χ2v) is 6.83. The molecule has 0 aliphatic carbocycles. The van der Waals surface area contributed by atoms with E-state index in [0.717, 1.165) is 22.6 Å². The van der Waals surface area contributed by atoms with E-state index in [9.17, 15) is 0 Å². The third kappa shape index (κ3) is 3.42. The zero-order valence-corrected chi connectivity index (χ0v) is 16.1. The molecule has 0 radical (unpaired) electrons. The minimum absolute atomic E-state index is 0.889. The number of thiol groups is 1. The molecule has 25 heavy (non-hydrogen) atoms. The second kappa shape index (κ2) is 7.32. The van der Waals surface area contributed by atoms with Crippen molar-refractivity contribution in [2.75, 3.05) is 0 Å². The molecule has 0 saturated carbocycles. The fourth-order valence-electron chi connectivity index (χ4n) is 3.30. The molecule has 0 unspecified atom stereocenters. The van der Waals surface area contributed by atoms with Crippen molar-refractivity contribution in [3.05, 3.63) is 76.6 Å². The molecular weight excluding hydrogens is 324 g/mol. The van der Waals surface area contributed by atoms with Gasteiger partial charge in [0.1, 0.15) is 0 Å². The van der Waals surface area contributed by atoms with Crippen LogP contribution < -0.4 is 0 Å². The molecule has 2 nitrogen and oxygen atoms in total. The predicted octanol–water partition coefficient (Wildman–Crippen LogP) is 6.00. The average Bonchev–Trinajstić information content (AvgIpc) is 2.88. The molecular formula is C22H24N2S. The first-order chi connectivity index (χ1) is 12.0. The number of aromatic nitrogens is 1. The van der Waals surface area contributed by atoms with Gasteiger partial charge >= 0.3 is 0 Å². The predicted molar refractivity (Wildman–Crippen MR) is 110 cm³/mol. The highest BCUT2D eigenvalue weighted by atomic mass is 32.1. The third-order valence-corrected chi connectivity index (χ3v) is 5.00. The Labute approximate surface area is 155 Å². The van der Waals surface area contributed by atoms with Crippen molar-refractivity contribution in [2.24, 2.45) is 4.99 Å². The summed E-state index contributed by atoms with van der Waals surface area (Å²) in [4.78, 5) is 5.52. The van der Waals surface area contributed by atoms with Crippen molar-refractivity contribution in [3.8, 4) is 5.69 Å². The first-order valence-electron chi connectivity index (χ1n) is 8.62. The number of aliphatic imine (C=N–C) groups is 1. The largest absolute Gasteiger partial charge is 0.317 e. The first-order valence-corrected chi connectivity index (χ1v) is 9.07. The zero-order chi connectivity index (χ0) is 18.0. The molecule has 0 aliphatic heterocycles. The molecule has 1 aromatic heterocycles. The Bertz CT molecular complexity index is 935. The van der Waals surface area contributed by atoms with E-state index in [4.69, 9.17) is 0 Å². The monoisotopic (exact) mass is 348 g/mol. The van der Waals surface area contributed by atoms with E-state index in [1.54, 1.807) is 0 Å². The van der Waals surface area contributed by atoms with Crippen molar-refractivity contribution < 1.29 is 0 Å². The van der Waals surface area contributed by atoms with Gasteiger partial charge in [-0.1, -0.05) is 37.3 Å². The maximum atomic E-state index is 4.64. The SMILES string of the molecule is CCc1cccc(C)c1-n1c(C)cc(C=Nc2ccccc2S)c1C. The molecule has 0 N–H and O–H groups in total. The number of rotatable bonds is 4. The van der Waals surface area contributed by atoms with Gasteiger partial charge in [0, 0.05) is 28.1 Å². The highest BCUT2D eigenvalue weighted by Gasteiger charge is 2.14. The number of hydrogen-bond acceptors (Lipinski definition) is 2. The Morgan fingerprint density at radius 3 is 2.52 bits per heavy atom. The number of benzene rings is 2. The molecule has 0 amide bonds. The van der Waals surface area contributed by atoms with E-state index < -0.39 is 0 Å². The molecule has 0 aliphatic rings. The minimum Gasteiger partial charge on any atom is -0.317 e. The van der Waals surface area contributed by atoms with Gasteiger partial charge in [0.25, 0.3) is 0 Å². The van der Waals surface area contributed by atoms with Crippen molar-refractivity contribution in [3.63, 3.8) is 0 Å². The van der Waals surface area contributed by atoms with Crippen molar-refractivity contribution in [1.29, 1.82) is 0 Å². The zero-order valence-electron chi connectivity index (χ0n) is 15.2. The highest BCUT2D eigenvalue weighted by molar-refractivity contribution is 7.80. The van der Waals surface area contributed by atoms with Gasteiger partial charge in [-0.25, -0.2) is 0 Å². The molecule has 0 atom stereocenters. The molecule has 1 heterocycles. The number of hydrogen-bond donors (Lipinski definition) is 1. The molecule has 0 saturated heterocycles. The normalized spacial score (nSPS) is 11.4. The van der Waals surface area contributed by atoms with E-state index >= 15 is 0 Å². The molecule has 3 aromatic rings. The molecule has 0 bridgehead atoms. The Morgan fingerprint density at radius 1 is 1.04 bits per heavy atom. The van der Waals surface area contributed by atoms with Crippen LogP contribution in [0.4, 0.5) is 5.69 Å². The maximum Gasteiger partial charge on any atom is 0.0763 e. The summed E-state index contributed by atoms with van der Waals surface area (Å²) in [6.07, 6.45) is 2.96. The molecule has 0 fully saturated rings. The highest BCUT2D eigenvalue weighted by Crippen LogP contribution is 2.27. The summed E-state index contributed by atoms with van der Waals surface area (Å²) in [5.74, 6) is 0.